The maximum absolute atomic E-state index is 12.7. The van der Waals surface area contributed by atoms with Gasteiger partial charge in [0.1, 0.15) is 5.82 Å². The fraction of sp³-hybridized carbons (Fsp3) is 0.263. The first-order valence-electron chi connectivity index (χ1n) is 8.35. The summed E-state index contributed by atoms with van der Waals surface area (Å²) in [4.78, 5) is 22.4. The number of fused-ring (bicyclic) bond motifs is 2. The van der Waals surface area contributed by atoms with Crippen LogP contribution >= 0.6 is 23.2 Å². The lowest BCUT2D eigenvalue weighted by Crippen LogP contribution is -2.35. The molecule has 0 saturated heterocycles. The van der Waals surface area contributed by atoms with E-state index in [1.807, 2.05) is 37.8 Å². The molecule has 3 N–H and O–H groups in total. The van der Waals surface area contributed by atoms with E-state index in [2.05, 4.69) is 9.97 Å². The van der Waals surface area contributed by atoms with Crippen LogP contribution in [0.15, 0.2) is 24.3 Å². The number of nitrogens with one attached hydrogen (secondary N) is 1. The predicted molar refractivity (Wildman–Crippen MR) is 107 cm³/mol. The molecule has 134 valence electrons. The van der Waals surface area contributed by atoms with Crippen molar-refractivity contribution in [3.8, 4) is 11.4 Å². The van der Waals surface area contributed by atoms with Crippen molar-refractivity contribution in [2.24, 2.45) is 0 Å². The number of rotatable bonds is 2. The minimum Gasteiger partial charge on any atom is -0.396 e. The van der Waals surface area contributed by atoms with Crippen LogP contribution in [0.2, 0.25) is 10.0 Å². The standard InChI is InChI=1S/C19H18Cl2N4O/c1-4-25-15-8-14-13(7-10(15)19(2,3)18(25)26)23-17(24-14)9-5-11(20)16(22)12(21)6-9/h5-8H,4,22H2,1-3H3,(H,23,24). The number of nitrogen functional groups attached to an aromatic ring is 1. The number of amides is 1. The van der Waals surface area contributed by atoms with Crippen LogP contribution in [-0.4, -0.2) is 22.4 Å². The summed E-state index contributed by atoms with van der Waals surface area (Å²) in [5.74, 6) is 0.764. The highest BCUT2D eigenvalue weighted by atomic mass is 35.5. The van der Waals surface area contributed by atoms with E-state index in [4.69, 9.17) is 28.9 Å². The van der Waals surface area contributed by atoms with Gasteiger partial charge in [-0.25, -0.2) is 4.98 Å². The van der Waals surface area contributed by atoms with Crippen molar-refractivity contribution in [3.63, 3.8) is 0 Å². The smallest absolute Gasteiger partial charge is 0.237 e. The van der Waals surface area contributed by atoms with Gasteiger partial charge >= 0.3 is 0 Å². The first kappa shape index (κ1) is 17.2. The first-order chi connectivity index (χ1) is 12.2. The van der Waals surface area contributed by atoms with Gasteiger partial charge in [-0.2, -0.15) is 0 Å². The number of aromatic amines is 1. The van der Waals surface area contributed by atoms with E-state index in [1.54, 1.807) is 12.1 Å². The highest BCUT2D eigenvalue weighted by Gasteiger charge is 2.43. The fourth-order valence-corrected chi connectivity index (χ4v) is 3.99. The Balaban J connectivity index is 1.90. The number of aromatic nitrogens is 2. The van der Waals surface area contributed by atoms with Crippen LogP contribution in [0.3, 0.4) is 0 Å². The Hall–Kier alpha value is -2.24. The fourth-order valence-electron chi connectivity index (χ4n) is 3.50. The van der Waals surface area contributed by atoms with E-state index in [0.717, 1.165) is 27.8 Å². The van der Waals surface area contributed by atoms with Crippen LogP contribution in [0.5, 0.6) is 0 Å². The molecule has 0 fully saturated rings. The molecule has 0 unspecified atom stereocenters. The van der Waals surface area contributed by atoms with E-state index in [0.29, 0.717) is 28.1 Å². The number of carbonyl (C=O) groups excluding carboxylic acids is 1. The second-order valence-electron chi connectivity index (χ2n) is 7.00. The molecule has 0 aliphatic carbocycles. The van der Waals surface area contributed by atoms with Crippen molar-refractivity contribution in [2.75, 3.05) is 17.2 Å². The number of H-pyrrole nitrogens is 1. The SMILES string of the molecule is CCN1C(=O)C(C)(C)c2cc3nc(-c4cc(Cl)c(N)c(Cl)c4)[nH]c3cc21. The van der Waals surface area contributed by atoms with Crippen molar-refractivity contribution < 1.29 is 4.79 Å². The quantitative estimate of drug-likeness (QED) is 0.621. The molecule has 7 heteroatoms. The number of nitrogens with zero attached hydrogens (tertiary/aromatic N) is 2. The summed E-state index contributed by atoms with van der Waals surface area (Å²) in [5, 5.41) is 0.777. The van der Waals surface area contributed by atoms with E-state index in [-0.39, 0.29) is 5.91 Å². The topological polar surface area (TPSA) is 75.0 Å². The molecule has 26 heavy (non-hydrogen) atoms. The van der Waals surface area contributed by atoms with Crippen molar-refractivity contribution in [1.29, 1.82) is 0 Å². The number of hydrogen-bond acceptors (Lipinski definition) is 3. The van der Waals surface area contributed by atoms with Gasteiger partial charge in [0.25, 0.3) is 0 Å². The van der Waals surface area contributed by atoms with Gasteiger partial charge in [0.2, 0.25) is 5.91 Å². The van der Waals surface area contributed by atoms with Gasteiger partial charge in [-0.15, -0.1) is 0 Å². The Kier molecular flexibility index (Phi) is 3.72. The normalized spacial score (nSPS) is 15.7. The minimum absolute atomic E-state index is 0.111. The van der Waals surface area contributed by atoms with Gasteiger partial charge < -0.3 is 15.6 Å². The lowest BCUT2D eigenvalue weighted by molar-refractivity contribution is -0.122. The van der Waals surface area contributed by atoms with E-state index in [1.165, 1.54) is 0 Å². The molecule has 0 atom stereocenters. The van der Waals surface area contributed by atoms with Crippen LogP contribution in [0.1, 0.15) is 26.3 Å². The number of carbonyl (C=O) groups is 1. The molecule has 3 aromatic rings. The molecule has 0 spiro atoms. The average Bonchev–Trinajstić information content (AvgIpc) is 3.08. The van der Waals surface area contributed by atoms with Gasteiger partial charge in [-0.05, 0) is 50.6 Å². The molecule has 2 aromatic carbocycles. The molecule has 4 rings (SSSR count). The summed E-state index contributed by atoms with van der Waals surface area (Å²) in [7, 11) is 0. The van der Waals surface area contributed by atoms with Crippen molar-refractivity contribution in [3.05, 3.63) is 39.9 Å². The number of likely N-dealkylation sites (N-methyl/N-ethyl adjacent to an activating group) is 1. The summed E-state index contributed by atoms with van der Waals surface area (Å²) in [6.45, 7) is 6.50. The summed E-state index contributed by atoms with van der Waals surface area (Å²) in [5.41, 5.74) is 9.92. The number of anilines is 2. The molecule has 2 heterocycles. The van der Waals surface area contributed by atoms with Gasteiger partial charge in [0.05, 0.1) is 37.9 Å². The van der Waals surface area contributed by atoms with E-state index < -0.39 is 5.41 Å². The van der Waals surface area contributed by atoms with Gasteiger partial charge in [0.15, 0.2) is 0 Å². The van der Waals surface area contributed by atoms with Crippen LogP contribution < -0.4 is 10.6 Å². The monoisotopic (exact) mass is 388 g/mol. The van der Waals surface area contributed by atoms with Gasteiger partial charge in [0, 0.05) is 12.1 Å². The largest absolute Gasteiger partial charge is 0.396 e. The lowest BCUT2D eigenvalue weighted by Gasteiger charge is -2.18. The highest BCUT2D eigenvalue weighted by Crippen LogP contribution is 2.43. The molecule has 1 aromatic heterocycles. The van der Waals surface area contributed by atoms with Crippen molar-refractivity contribution >= 4 is 51.5 Å². The number of benzene rings is 2. The number of imidazole rings is 1. The molecule has 1 aliphatic rings. The third-order valence-corrected chi connectivity index (χ3v) is 5.64. The third kappa shape index (κ3) is 2.31. The van der Waals surface area contributed by atoms with Crippen LogP contribution in [0.25, 0.3) is 22.4 Å². The maximum atomic E-state index is 12.7. The van der Waals surface area contributed by atoms with Crippen LogP contribution in [0.4, 0.5) is 11.4 Å². The van der Waals surface area contributed by atoms with Crippen molar-refractivity contribution in [1.82, 2.24) is 9.97 Å². The molecule has 0 bridgehead atoms. The number of hydrogen-bond donors (Lipinski definition) is 2. The Bertz CT molecular complexity index is 1050. The lowest BCUT2D eigenvalue weighted by atomic mass is 9.86. The minimum atomic E-state index is -0.563. The van der Waals surface area contributed by atoms with Crippen LogP contribution in [0, 0.1) is 0 Å². The summed E-state index contributed by atoms with van der Waals surface area (Å²) in [6, 6.07) is 7.44. The molecule has 1 amide bonds. The summed E-state index contributed by atoms with van der Waals surface area (Å²) >= 11 is 12.3. The Morgan fingerprint density at radius 2 is 1.85 bits per heavy atom. The molecule has 0 radical (unpaired) electrons. The predicted octanol–water partition coefficient (Wildman–Crippen LogP) is 4.76. The molecular weight excluding hydrogens is 371 g/mol. The summed E-state index contributed by atoms with van der Waals surface area (Å²) < 4.78 is 0. The Labute approximate surface area is 161 Å². The zero-order valence-corrected chi connectivity index (χ0v) is 16.2. The second-order valence-corrected chi connectivity index (χ2v) is 7.81. The van der Waals surface area contributed by atoms with Gasteiger partial charge in [-0.1, -0.05) is 23.2 Å². The second kappa shape index (κ2) is 5.63. The molecule has 5 nitrogen and oxygen atoms in total. The maximum Gasteiger partial charge on any atom is 0.237 e. The molecular formula is C19H18Cl2N4O. The Morgan fingerprint density at radius 1 is 1.19 bits per heavy atom. The highest BCUT2D eigenvalue weighted by molar-refractivity contribution is 6.39. The van der Waals surface area contributed by atoms with Gasteiger partial charge in [-0.3, -0.25) is 4.79 Å². The zero-order chi connectivity index (χ0) is 18.8. The third-order valence-electron chi connectivity index (χ3n) is 5.01. The van der Waals surface area contributed by atoms with E-state index >= 15 is 0 Å². The summed E-state index contributed by atoms with van der Waals surface area (Å²) in [6.07, 6.45) is 0. The average molecular weight is 389 g/mol. The molecule has 1 aliphatic heterocycles. The zero-order valence-electron chi connectivity index (χ0n) is 14.7. The first-order valence-corrected chi connectivity index (χ1v) is 9.10. The van der Waals surface area contributed by atoms with Crippen LogP contribution in [-0.2, 0) is 10.2 Å². The number of nitrogens with two attached hydrogens (primary N) is 1. The van der Waals surface area contributed by atoms with E-state index in [9.17, 15) is 4.79 Å². The molecule has 0 saturated carbocycles. The number of halogens is 2. The van der Waals surface area contributed by atoms with Crippen molar-refractivity contribution in [2.45, 2.75) is 26.2 Å². The Morgan fingerprint density at radius 3 is 2.46 bits per heavy atom.